The molecule has 0 radical (unpaired) electrons. The highest BCUT2D eigenvalue weighted by molar-refractivity contribution is 6.30. The molecule has 0 fully saturated rings. The van der Waals surface area contributed by atoms with Gasteiger partial charge in [-0.2, -0.15) is 0 Å². The van der Waals surface area contributed by atoms with E-state index in [0.717, 1.165) is 17.9 Å². The fourth-order valence-electron chi connectivity index (χ4n) is 2.55. The minimum Gasteiger partial charge on any atom is -0.484 e. The number of anilines is 2. The van der Waals surface area contributed by atoms with Gasteiger partial charge in [0.2, 0.25) is 0 Å². The zero-order valence-electron chi connectivity index (χ0n) is 15.0. The van der Waals surface area contributed by atoms with Gasteiger partial charge in [-0.3, -0.25) is 4.79 Å². The number of aryl methyl sites for hydroxylation is 1. The molecule has 0 aliphatic heterocycles. The molecule has 0 aliphatic rings. The third-order valence-corrected chi connectivity index (χ3v) is 4.35. The van der Waals surface area contributed by atoms with E-state index in [1.807, 2.05) is 36.4 Å². The minimum absolute atomic E-state index is 0.0606. The first kappa shape index (κ1) is 18.8. The summed E-state index contributed by atoms with van der Waals surface area (Å²) in [5.41, 5.74) is 4.23. The molecule has 5 heteroatoms. The maximum atomic E-state index is 12.0. The van der Waals surface area contributed by atoms with Crippen molar-refractivity contribution >= 4 is 28.9 Å². The molecule has 0 unspecified atom stereocenters. The Hall–Kier alpha value is -2.98. The average molecular weight is 381 g/mol. The van der Waals surface area contributed by atoms with Crippen LogP contribution in [0, 0.1) is 6.92 Å². The fraction of sp³-hybridized carbons (Fsp3) is 0.136. The van der Waals surface area contributed by atoms with Crippen LogP contribution in [0.3, 0.4) is 0 Å². The number of ether oxygens (including phenoxy) is 1. The van der Waals surface area contributed by atoms with E-state index in [0.29, 0.717) is 10.8 Å². The van der Waals surface area contributed by atoms with Gasteiger partial charge in [0.05, 0.1) is 0 Å². The number of halogens is 1. The van der Waals surface area contributed by atoms with Crippen molar-refractivity contribution in [2.75, 3.05) is 17.2 Å². The SMILES string of the molecule is Cc1ccccc1CNc1ccc(NC(=O)COc2ccc(Cl)cc2)cc1. The van der Waals surface area contributed by atoms with E-state index >= 15 is 0 Å². The predicted octanol–water partition coefficient (Wildman–Crippen LogP) is 5.28. The molecule has 138 valence electrons. The van der Waals surface area contributed by atoms with Crippen LogP contribution in [0.5, 0.6) is 5.75 Å². The fourth-order valence-corrected chi connectivity index (χ4v) is 2.68. The summed E-state index contributed by atoms with van der Waals surface area (Å²) >= 11 is 5.82. The molecule has 1 amide bonds. The van der Waals surface area contributed by atoms with E-state index in [-0.39, 0.29) is 12.5 Å². The smallest absolute Gasteiger partial charge is 0.262 e. The topological polar surface area (TPSA) is 50.4 Å². The van der Waals surface area contributed by atoms with Gasteiger partial charge in [-0.05, 0) is 66.6 Å². The Morgan fingerprint density at radius 3 is 2.30 bits per heavy atom. The summed E-state index contributed by atoms with van der Waals surface area (Å²) in [6.07, 6.45) is 0. The van der Waals surface area contributed by atoms with Crippen LogP contribution in [0.25, 0.3) is 0 Å². The van der Waals surface area contributed by atoms with E-state index in [4.69, 9.17) is 16.3 Å². The number of hydrogen-bond acceptors (Lipinski definition) is 3. The Morgan fingerprint density at radius 2 is 1.59 bits per heavy atom. The van der Waals surface area contributed by atoms with Crippen LogP contribution in [0.4, 0.5) is 11.4 Å². The van der Waals surface area contributed by atoms with Crippen LogP contribution in [0.2, 0.25) is 5.02 Å². The Bertz CT molecular complexity index is 893. The molecule has 3 aromatic carbocycles. The lowest BCUT2D eigenvalue weighted by Crippen LogP contribution is -2.20. The molecule has 3 rings (SSSR count). The van der Waals surface area contributed by atoms with Crippen LogP contribution in [0.15, 0.2) is 72.8 Å². The first-order chi connectivity index (χ1) is 13.1. The Labute approximate surface area is 164 Å². The van der Waals surface area contributed by atoms with Crippen molar-refractivity contribution in [2.24, 2.45) is 0 Å². The summed E-state index contributed by atoms with van der Waals surface area (Å²) in [6, 6.07) is 22.8. The highest BCUT2D eigenvalue weighted by atomic mass is 35.5. The zero-order chi connectivity index (χ0) is 19.1. The van der Waals surface area contributed by atoms with Gasteiger partial charge in [0.1, 0.15) is 5.75 Å². The third kappa shape index (κ3) is 5.76. The molecule has 4 nitrogen and oxygen atoms in total. The second-order valence-electron chi connectivity index (χ2n) is 6.15. The van der Waals surface area contributed by atoms with E-state index in [9.17, 15) is 4.79 Å². The lowest BCUT2D eigenvalue weighted by Gasteiger charge is -2.11. The van der Waals surface area contributed by atoms with E-state index < -0.39 is 0 Å². The summed E-state index contributed by atoms with van der Waals surface area (Å²) in [7, 11) is 0. The summed E-state index contributed by atoms with van der Waals surface area (Å²) < 4.78 is 5.43. The predicted molar refractivity (Wildman–Crippen MR) is 111 cm³/mol. The van der Waals surface area contributed by atoms with Gasteiger partial charge < -0.3 is 15.4 Å². The molecule has 0 saturated heterocycles. The quantitative estimate of drug-likeness (QED) is 0.586. The molecular formula is C22H21ClN2O2. The van der Waals surface area contributed by atoms with Gasteiger partial charge in [-0.15, -0.1) is 0 Å². The number of amides is 1. The molecule has 0 atom stereocenters. The standard InChI is InChI=1S/C22H21ClN2O2/c1-16-4-2-3-5-17(16)14-24-19-8-10-20(11-9-19)25-22(26)15-27-21-12-6-18(23)7-13-21/h2-13,24H,14-15H2,1H3,(H,25,26). The van der Waals surface area contributed by atoms with Gasteiger partial charge in [0.25, 0.3) is 5.91 Å². The second-order valence-corrected chi connectivity index (χ2v) is 6.58. The largest absolute Gasteiger partial charge is 0.484 e. The molecule has 3 aromatic rings. The normalized spacial score (nSPS) is 10.3. The van der Waals surface area contributed by atoms with Crippen molar-refractivity contribution in [3.05, 3.63) is 88.9 Å². The lowest BCUT2D eigenvalue weighted by atomic mass is 10.1. The highest BCUT2D eigenvalue weighted by Gasteiger charge is 2.04. The van der Waals surface area contributed by atoms with Crippen molar-refractivity contribution in [2.45, 2.75) is 13.5 Å². The third-order valence-electron chi connectivity index (χ3n) is 4.10. The maximum absolute atomic E-state index is 12.0. The van der Waals surface area contributed by atoms with Crippen LogP contribution in [-0.2, 0) is 11.3 Å². The number of carbonyl (C=O) groups is 1. The van der Waals surface area contributed by atoms with Crippen molar-refractivity contribution < 1.29 is 9.53 Å². The number of hydrogen-bond donors (Lipinski definition) is 2. The highest BCUT2D eigenvalue weighted by Crippen LogP contribution is 2.17. The number of rotatable bonds is 7. The number of carbonyl (C=O) groups excluding carboxylic acids is 1. The van der Waals surface area contributed by atoms with Crippen molar-refractivity contribution in [1.29, 1.82) is 0 Å². The molecule has 2 N–H and O–H groups in total. The minimum atomic E-state index is -0.217. The second kappa shape index (κ2) is 9.10. The molecule has 0 bridgehead atoms. The van der Waals surface area contributed by atoms with Crippen molar-refractivity contribution in [3.63, 3.8) is 0 Å². The van der Waals surface area contributed by atoms with Crippen LogP contribution in [-0.4, -0.2) is 12.5 Å². The Balaban J connectivity index is 1.47. The Kier molecular flexibility index (Phi) is 6.34. The number of benzene rings is 3. The molecule has 27 heavy (non-hydrogen) atoms. The van der Waals surface area contributed by atoms with Gasteiger partial charge in [0, 0.05) is 22.9 Å². The maximum Gasteiger partial charge on any atom is 0.262 e. The van der Waals surface area contributed by atoms with Crippen LogP contribution in [0.1, 0.15) is 11.1 Å². The van der Waals surface area contributed by atoms with Gasteiger partial charge in [-0.25, -0.2) is 0 Å². The van der Waals surface area contributed by atoms with E-state index in [1.165, 1.54) is 11.1 Å². The van der Waals surface area contributed by atoms with Crippen molar-refractivity contribution in [1.82, 2.24) is 0 Å². The van der Waals surface area contributed by atoms with Gasteiger partial charge in [-0.1, -0.05) is 35.9 Å². The average Bonchev–Trinajstić information content (AvgIpc) is 2.68. The van der Waals surface area contributed by atoms with Gasteiger partial charge in [0.15, 0.2) is 6.61 Å². The summed E-state index contributed by atoms with van der Waals surface area (Å²) in [5, 5.41) is 6.83. The molecule has 0 aromatic heterocycles. The first-order valence-corrected chi connectivity index (χ1v) is 9.04. The summed E-state index contributed by atoms with van der Waals surface area (Å²) in [5.74, 6) is 0.385. The monoisotopic (exact) mass is 380 g/mol. The van der Waals surface area contributed by atoms with Gasteiger partial charge >= 0.3 is 0 Å². The molecule has 0 saturated carbocycles. The van der Waals surface area contributed by atoms with E-state index in [1.54, 1.807) is 24.3 Å². The number of nitrogens with one attached hydrogen (secondary N) is 2. The Morgan fingerprint density at radius 1 is 0.926 bits per heavy atom. The molecule has 0 spiro atoms. The summed E-state index contributed by atoms with van der Waals surface area (Å²) in [6.45, 7) is 2.80. The van der Waals surface area contributed by atoms with Crippen LogP contribution < -0.4 is 15.4 Å². The summed E-state index contributed by atoms with van der Waals surface area (Å²) in [4.78, 5) is 12.0. The molecule has 0 heterocycles. The lowest BCUT2D eigenvalue weighted by molar-refractivity contribution is -0.118. The first-order valence-electron chi connectivity index (χ1n) is 8.67. The van der Waals surface area contributed by atoms with Crippen molar-refractivity contribution in [3.8, 4) is 5.75 Å². The zero-order valence-corrected chi connectivity index (χ0v) is 15.8. The van der Waals surface area contributed by atoms with E-state index in [2.05, 4.69) is 29.7 Å². The molecular weight excluding hydrogens is 360 g/mol. The molecule has 0 aliphatic carbocycles. The van der Waals surface area contributed by atoms with Crippen LogP contribution >= 0.6 is 11.6 Å².